The van der Waals surface area contributed by atoms with Gasteiger partial charge in [0.05, 0.1) is 22.7 Å². The molecule has 3 heterocycles. The van der Waals surface area contributed by atoms with Crippen LogP contribution in [0.3, 0.4) is 0 Å². The molecule has 3 aromatic heterocycles. The van der Waals surface area contributed by atoms with Gasteiger partial charge in [0.1, 0.15) is 16.8 Å². The molecule has 0 amide bonds. The number of nitrogens with zero attached hydrogens (tertiary/aromatic N) is 3. The molecule has 33 heavy (non-hydrogen) atoms. The molecular formula is C28H15N3O2. The summed E-state index contributed by atoms with van der Waals surface area (Å²) in [5.74, 6) is 0. The van der Waals surface area contributed by atoms with Crippen LogP contribution < -0.4 is 5.56 Å². The van der Waals surface area contributed by atoms with Crippen molar-refractivity contribution >= 4 is 65.7 Å². The lowest BCUT2D eigenvalue weighted by Crippen LogP contribution is -2.14. The van der Waals surface area contributed by atoms with Crippen molar-refractivity contribution in [3.8, 4) is 6.07 Å². The second-order valence-electron chi connectivity index (χ2n) is 8.45. The highest BCUT2D eigenvalue weighted by atomic mass is 16.3. The van der Waals surface area contributed by atoms with Crippen molar-refractivity contribution in [2.75, 3.05) is 0 Å². The van der Waals surface area contributed by atoms with Crippen LogP contribution >= 0.6 is 0 Å². The van der Waals surface area contributed by atoms with Gasteiger partial charge in [-0.05, 0) is 42.8 Å². The Morgan fingerprint density at radius 1 is 1.00 bits per heavy atom. The van der Waals surface area contributed by atoms with E-state index in [2.05, 4.69) is 12.6 Å². The van der Waals surface area contributed by atoms with Gasteiger partial charge in [-0.1, -0.05) is 36.9 Å². The highest BCUT2D eigenvalue weighted by Crippen LogP contribution is 2.43. The number of allylic oxidation sites excluding steroid dienone is 1. The first-order valence-electron chi connectivity index (χ1n) is 10.6. The summed E-state index contributed by atoms with van der Waals surface area (Å²) in [6.07, 6.45) is 0. The van der Waals surface area contributed by atoms with Crippen molar-refractivity contribution < 1.29 is 4.42 Å². The molecule has 5 nitrogen and oxygen atoms in total. The van der Waals surface area contributed by atoms with E-state index in [9.17, 15) is 10.1 Å². The highest BCUT2D eigenvalue weighted by Gasteiger charge is 2.24. The number of para-hydroxylation sites is 3. The fourth-order valence-corrected chi connectivity index (χ4v) is 5.15. The summed E-state index contributed by atoms with van der Waals surface area (Å²) in [5.41, 5.74) is 5.26. The molecule has 154 valence electrons. The Morgan fingerprint density at radius 3 is 2.61 bits per heavy atom. The van der Waals surface area contributed by atoms with Gasteiger partial charge in [-0.25, -0.2) is 4.98 Å². The van der Waals surface area contributed by atoms with Crippen molar-refractivity contribution in [2.45, 2.75) is 6.92 Å². The molecule has 0 N–H and O–H groups in total. The Balaban J connectivity index is 1.93. The smallest absolute Gasteiger partial charge is 0.264 e. The Bertz CT molecular complexity index is 2090. The SMILES string of the molecule is C=C(C)c1cc2c(=O)n3c4ccccc4nc3c3cc(C#N)c4c5ccccc5oc1c4c23. The Kier molecular flexibility index (Phi) is 3.24. The quantitative estimate of drug-likeness (QED) is 0.225. The Labute approximate surface area is 186 Å². The van der Waals surface area contributed by atoms with Crippen LogP contribution in [0.2, 0.25) is 0 Å². The lowest BCUT2D eigenvalue weighted by atomic mass is 9.90. The van der Waals surface area contributed by atoms with Gasteiger partial charge >= 0.3 is 0 Å². The Morgan fingerprint density at radius 2 is 1.79 bits per heavy atom. The van der Waals surface area contributed by atoms with Crippen molar-refractivity contribution in [3.63, 3.8) is 0 Å². The Hall–Kier alpha value is -4.69. The third-order valence-electron chi connectivity index (χ3n) is 6.54. The monoisotopic (exact) mass is 425 g/mol. The maximum atomic E-state index is 13.9. The van der Waals surface area contributed by atoms with Crippen LogP contribution in [0, 0.1) is 11.3 Å². The van der Waals surface area contributed by atoms with Gasteiger partial charge < -0.3 is 4.42 Å². The topological polar surface area (TPSA) is 71.3 Å². The van der Waals surface area contributed by atoms with E-state index < -0.39 is 0 Å². The molecule has 0 aliphatic heterocycles. The minimum absolute atomic E-state index is 0.144. The van der Waals surface area contributed by atoms with E-state index in [1.165, 1.54) is 0 Å². The van der Waals surface area contributed by atoms with Crippen LogP contribution in [-0.4, -0.2) is 9.38 Å². The van der Waals surface area contributed by atoms with Crippen LogP contribution in [0.15, 0.2) is 76.5 Å². The summed E-state index contributed by atoms with van der Waals surface area (Å²) >= 11 is 0. The van der Waals surface area contributed by atoms with Crippen LogP contribution in [0.25, 0.3) is 65.7 Å². The molecule has 0 unspecified atom stereocenters. The lowest BCUT2D eigenvalue weighted by Gasteiger charge is -2.17. The zero-order valence-electron chi connectivity index (χ0n) is 17.6. The molecule has 0 aliphatic rings. The second-order valence-corrected chi connectivity index (χ2v) is 8.45. The summed E-state index contributed by atoms with van der Waals surface area (Å²) in [6.45, 7) is 6.04. The average Bonchev–Trinajstić information content (AvgIpc) is 3.23. The molecule has 0 fully saturated rings. The summed E-state index contributed by atoms with van der Waals surface area (Å²) in [6, 6.07) is 21.4. The fraction of sp³-hybridized carbons (Fsp3) is 0.0357. The second kappa shape index (κ2) is 5.96. The predicted molar refractivity (Wildman–Crippen MR) is 132 cm³/mol. The molecule has 0 spiro atoms. The molecule has 0 atom stereocenters. The lowest BCUT2D eigenvalue weighted by molar-refractivity contribution is 0.661. The van der Waals surface area contributed by atoms with Crippen LogP contribution in [0.4, 0.5) is 0 Å². The number of aromatic nitrogens is 2. The summed E-state index contributed by atoms with van der Waals surface area (Å²) in [4.78, 5) is 18.6. The minimum Gasteiger partial charge on any atom is -0.455 e. The first-order valence-corrected chi connectivity index (χ1v) is 10.6. The molecule has 0 aliphatic carbocycles. The van der Waals surface area contributed by atoms with Gasteiger partial charge in [0.2, 0.25) is 0 Å². The zero-order chi connectivity index (χ0) is 22.4. The predicted octanol–water partition coefficient (Wildman–Crippen LogP) is 6.40. The maximum Gasteiger partial charge on any atom is 0.264 e. The van der Waals surface area contributed by atoms with Crippen molar-refractivity contribution in [3.05, 3.63) is 88.7 Å². The number of hydrogen-bond acceptors (Lipinski definition) is 4. The van der Waals surface area contributed by atoms with Gasteiger partial charge in [0, 0.05) is 37.9 Å². The van der Waals surface area contributed by atoms with E-state index >= 15 is 0 Å². The number of imidazole rings is 1. The molecule has 0 radical (unpaired) electrons. The first kappa shape index (κ1) is 17.9. The molecule has 7 rings (SSSR count). The molecular weight excluding hydrogens is 410 g/mol. The molecule has 0 saturated heterocycles. The van der Waals surface area contributed by atoms with Gasteiger partial charge in [0.25, 0.3) is 5.56 Å². The van der Waals surface area contributed by atoms with E-state index in [0.29, 0.717) is 27.8 Å². The third-order valence-corrected chi connectivity index (χ3v) is 6.54. The summed E-state index contributed by atoms with van der Waals surface area (Å²) in [5, 5.41) is 14.7. The minimum atomic E-state index is -0.144. The molecule has 5 heteroatoms. The normalized spacial score (nSPS) is 12.0. The van der Waals surface area contributed by atoms with E-state index in [-0.39, 0.29) is 5.56 Å². The standard InChI is InChI=1S/C28H15N3O2/c1-14(2)17-12-19-24-18(27-30-20-8-4-5-9-21(20)31(27)28(19)32)11-15(13-29)23-16-7-3-6-10-22(16)33-26(17)25(23)24/h3-12H,1H2,2H3. The van der Waals surface area contributed by atoms with Crippen molar-refractivity contribution in [1.29, 1.82) is 5.26 Å². The van der Waals surface area contributed by atoms with Gasteiger partial charge in [-0.3, -0.25) is 9.20 Å². The van der Waals surface area contributed by atoms with Crippen molar-refractivity contribution in [2.24, 2.45) is 0 Å². The van der Waals surface area contributed by atoms with Crippen LogP contribution in [-0.2, 0) is 0 Å². The molecule has 4 aromatic carbocycles. The third kappa shape index (κ3) is 2.10. The van der Waals surface area contributed by atoms with Gasteiger partial charge in [-0.15, -0.1) is 0 Å². The largest absolute Gasteiger partial charge is 0.455 e. The highest BCUT2D eigenvalue weighted by molar-refractivity contribution is 6.31. The van der Waals surface area contributed by atoms with Crippen LogP contribution in [0.5, 0.6) is 0 Å². The number of pyridine rings is 1. The number of hydrogen-bond donors (Lipinski definition) is 0. The van der Waals surface area contributed by atoms with E-state index in [1.54, 1.807) is 4.40 Å². The summed E-state index contributed by atoms with van der Waals surface area (Å²) in [7, 11) is 0. The van der Waals surface area contributed by atoms with Crippen molar-refractivity contribution in [1.82, 2.24) is 9.38 Å². The number of nitriles is 1. The van der Waals surface area contributed by atoms with E-state index in [4.69, 9.17) is 9.40 Å². The number of rotatable bonds is 1. The fourth-order valence-electron chi connectivity index (χ4n) is 5.15. The number of benzene rings is 4. The molecule has 7 aromatic rings. The summed E-state index contributed by atoms with van der Waals surface area (Å²) < 4.78 is 8.04. The van der Waals surface area contributed by atoms with Crippen LogP contribution in [0.1, 0.15) is 18.1 Å². The molecule has 0 saturated carbocycles. The maximum absolute atomic E-state index is 13.9. The first-order chi connectivity index (χ1) is 16.1. The zero-order valence-corrected chi connectivity index (χ0v) is 17.6. The number of fused-ring (bicyclic) bond motifs is 6. The van der Waals surface area contributed by atoms with E-state index in [0.717, 1.165) is 49.1 Å². The van der Waals surface area contributed by atoms with Gasteiger partial charge in [-0.2, -0.15) is 5.26 Å². The van der Waals surface area contributed by atoms with Gasteiger partial charge in [0.15, 0.2) is 0 Å². The average molecular weight is 425 g/mol. The molecule has 0 bridgehead atoms. The van der Waals surface area contributed by atoms with E-state index in [1.807, 2.05) is 67.6 Å².